The van der Waals surface area contributed by atoms with Gasteiger partial charge in [0.25, 0.3) is 0 Å². The van der Waals surface area contributed by atoms with Gasteiger partial charge in [-0.25, -0.2) is 0 Å². The van der Waals surface area contributed by atoms with Crippen molar-refractivity contribution in [2.75, 3.05) is 26.2 Å². The summed E-state index contributed by atoms with van der Waals surface area (Å²) in [7, 11) is 0. The Kier molecular flexibility index (Phi) is 7.38. The molecule has 1 aliphatic heterocycles. The summed E-state index contributed by atoms with van der Waals surface area (Å²) < 4.78 is 0. The molecule has 4 heteroatoms. The fourth-order valence-electron chi connectivity index (χ4n) is 3.30. The SMILES string of the molecule is Cl.O=C(CNCC1CC1)N1CCC(CCc2ccccc2)CC1. The van der Waals surface area contributed by atoms with Crippen molar-refractivity contribution in [3.05, 3.63) is 35.9 Å². The van der Waals surface area contributed by atoms with E-state index in [1.807, 2.05) is 0 Å². The normalized spacial score (nSPS) is 18.5. The van der Waals surface area contributed by atoms with Crippen LogP contribution in [0, 0.1) is 11.8 Å². The maximum absolute atomic E-state index is 12.1. The number of carbonyl (C=O) groups excluding carboxylic acids is 1. The summed E-state index contributed by atoms with van der Waals surface area (Å²) in [6.07, 6.45) is 7.44. The molecule has 1 aromatic rings. The van der Waals surface area contributed by atoms with E-state index in [4.69, 9.17) is 0 Å². The third kappa shape index (κ3) is 6.15. The molecule has 1 N–H and O–H groups in total. The first-order chi connectivity index (χ1) is 10.8. The number of nitrogens with zero attached hydrogens (tertiary/aromatic N) is 1. The molecule has 0 aromatic heterocycles. The van der Waals surface area contributed by atoms with Crippen molar-refractivity contribution in [1.82, 2.24) is 10.2 Å². The van der Waals surface area contributed by atoms with Gasteiger partial charge in [0.05, 0.1) is 6.54 Å². The summed E-state index contributed by atoms with van der Waals surface area (Å²) >= 11 is 0. The molecule has 2 fully saturated rings. The first-order valence-corrected chi connectivity index (χ1v) is 8.83. The van der Waals surface area contributed by atoms with Crippen molar-refractivity contribution in [3.63, 3.8) is 0 Å². The van der Waals surface area contributed by atoms with Crippen molar-refractivity contribution in [3.8, 4) is 0 Å². The highest BCUT2D eigenvalue weighted by molar-refractivity contribution is 5.85. The molecule has 3 nitrogen and oxygen atoms in total. The van der Waals surface area contributed by atoms with Gasteiger partial charge in [-0.2, -0.15) is 0 Å². The minimum Gasteiger partial charge on any atom is -0.342 e. The van der Waals surface area contributed by atoms with Crippen LogP contribution in [0.3, 0.4) is 0 Å². The standard InChI is InChI=1S/C19H28N2O.ClH/c22-19(15-20-14-18-8-9-18)21-12-10-17(11-13-21)7-6-16-4-2-1-3-5-16;/h1-5,17-18,20H,6-15H2;1H. The van der Waals surface area contributed by atoms with E-state index in [0.717, 1.165) is 31.5 Å². The molecule has 1 saturated carbocycles. The molecule has 1 aromatic carbocycles. The molecular formula is C19H29ClN2O. The molecule has 0 radical (unpaired) electrons. The number of likely N-dealkylation sites (tertiary alicyclic amines) is 1. The van der Waals surface area contributed by atoms with Gasteiger partial charge in [-0.15, -0.1) is 12.4 Å². The smallest absolute Gasteiger partial charge is 0.236 e. The molecule has 0 spiro atoms. The van der Waals surface area contributed by atoms with Gasteiger partial charge in [-0.3, -0.25) is 4.79 Å². The Labute approximate surface area is 146 Å². The van der Waals surface area contributed by atoms with E-state index in [-0.39, 0.29) is 12.4 Å². The zero-order valence-corrected chi connectivity index (χ0v) is 14.7. The Morgan fingerprint density at radius 2 is 1.74 bits per heavy atom. The summed E-state index contributed by atoms with van der Waals surface area (Å²) in [5, 5.41) is 3.31. The van der Waals surface area contributed by atoms with Crippen LogP contribution < -0.4 is 5.32 Å². The molecular weight excluding hydrogens is 308 g/mol. The Morgan fingerprint density at radius 1 is 1.04 bits per heavy atom. The van der Waals surface area contributed by atoms with Gasteiger partial charge in [0.1, 0.15) is 0 Å². The zero-order valence-electron chi connectivity index (χ0n) is 13.9. The molecule has 0 unspecified atom stereocenters. The maximum atomic E-state index is 12.1. The van der Waals surface area contributed by atoms with Gasteiger partial charge in [-0.05, 0) is 62.5 Å². The zero-order chi connectivity index (χ0) is 15.2. The van der Waals surface area contributed by atoms with Crippen LogP contribution in [-0.2, 0) is 11.2 Å². The number of piperidine rings is 1. The Balaban J connectivity index is 0.00000192. The molecule has 1 aliphatic carbocycles. The molecule has 0 bridgehead atoms. The van der Waals surface area contributed by atoms with Gasteiger partial charge >= 0.3 is 0 Å². The van der Waals surface area contributed by atoms with E-state index in [2.05, 4.69) is 40.5 Å². The van der Waals surface area contributed by atoms with Crippen LogP contribution in [0.5, 0.6) is 0 Å². The van der Waals surface area contributed by atoms with E-state index in [1.54, 1.807) is 0 Å². The lowest BCUT2D eigenvalue weighted by Gasteiger charge is -2.32. The summed E-state index contributed by atoms with van der Waals surface area (Å²) in [5.74, 6) is 1.92. The van der Waals surface area contributed by atoms with E-state index in [9.17, 15) is 4.79 Å². The fourth-order valence-corrected chi connectivity index (χ4v) is 3.30. The molecule has 128 valence electrons. The molecule has 1 saturated heterocycles. The number of hydrogen-bond acceptors (Lipinski definition) is 2. The van der Waals surface area contributed by atoms with Crippen molar-refractivity contribution < 1.29 is 4.79 Å². The lowest BCUT2D eigenvalue weighted by Crippen LogP contribution is -2.43. The molecule has 23 heavy (non-hydrogen) atoms. The van der Waals surface area contributed by atoms with E-state index < -0.39 is 0 Å². The van der Waals surface area contributed by atoms with E-state index in [1.165, 1.54) is 44.1 Å². The van der Waals surface area contributed by atoms with Crippen molar-refractivity contribution >= 4 is 18.3 Å². The molecule has 3 rings (SSSR count). The average molecular weight is 337 g/mol. The van der Waals surface area contributed by atoms with Crippen molar-refractivity contribution in [2.24, 2.45) is 11.8 Å². The third-order valence-electron chi connectivity index (χ3n) is 5.06. The summed E-state index contributed by atoms with van der Waals surface area (Å²) in [4.78, 5) is 14.2. The molecule has 1 heterocycles. The van der Waals surface area contributed by atoms with Crippen molar-refractivity contribution in [2.45, 2.75) is 38.5 Å². The number of benzene rings is 1. The highest BCUT2D eigenvalue weighted by Crippen LogP contribution is 2.27. The van der Waals surface area contributed by atoms with Crippen LogP contribution in [0.1, 0.15) is 37.7 Å². The topological polar surface area (TPSA) is 32.3 Å². The average Bonchev–Trinajstić information content (AvgIpc) is 3.38. The summed E-state index contributed by atoms with van der Waals surface area (Å²) in [5.41, 5.74) is 1.44. The van der Waals surface area contributed by atoms with Crippen LogP contribution in [0.25, 0.3) is 0 Å². The molecule has 1 amide bonds. The number of rotatable bonds is 7. The number of halogens is 1. The van der Waals surface area contributed by atoms with E-state index >= 15 is 0 Å². The van der Waals surface area contributed by atoms with Crippen molar-refractivity contribution in [1.29, 1.82) is 0 Å². The van der Waals surface area contributed by atoms with Crippen LogP contribution >= 0.6 is 12.4 Å². The third-order valence-corrected chi connectivity index (χ3v) is 5.06. The second kappa shape index (κ2) is 9.29. The Bertz CT molecular complexity index is 468. The maximum Gasteiger partial charge on any atom is 0.236 e. The van der Waals surface area contributed by atoms with Gasteiger partial charge < -0.3 is 10.2 Å². The molecule has 0 atom stereocenters. The molecule has 2 aliphatic rings. The summed E-state index contributed by atoms with van der Waals surface area (Å²) in [6, 6.07) is 10.7. The lowest BCUT2D eigenvalue weighted by atomic mass is 9.90. The number of carbonyl (C=O) groups is 1. The minimum absolute atomic E-state index is 0. The van der Waals surface area contributed by atoms with Crippen LogP contribution in [0.4, 0.5) is 0 Å². The largest absolute Gasteiger partial charge is 0.342 e. The van der Waals surface area contributed by atoms with Crippen LogP contribution in [0.15, 0.2) is 30.3 Å². The number of aryl methyl sites for hydroxylation is 1. The minimum atomic E-state index is 0. The van der Waals surface area contributed by atoms with Gasteiger partial charge in [0.2, 0.25) is 5.91 Å². The fraction of sp³-hybridized carbons (Fsp3) is 0.632. The summed E-state index contributed by atoms with van der Waals surface area (Å²) in [6.45, 7) is 3.46. The monoisotopic (exact) mass is 336 g/mol. The predicted octanol–water partition coefficient (Wildman–Crippen LogP) is 3.28. The number of amides is 1. The second-order valence-corrected chi connectivity index (χ2v) is 6.92. The van der Waals surface area contributed by atoms with Crippen LogP contribution in [-0.4, -0.2) is 37.0 Å². The second-order valence-electron chi connectivity index (χ2n) is 6.92. The van der Waals surface area contributed by atoms with Crippen LogP contribution in [0.2, 0.25) is 0 Å². The number of hydrogen-bond donors (Lipinski definition) is 1. The Morgan fingerprint density at radius 3 is 2.39 bits per heavy atom. The highest BCUT2D eigenvalue weighted by atomic mass is 35.5. The van der Waals surface area contributed by atoms with Gasteiger partial charge in [0.15, 0.2) is 0 Å². The number of nitrogens with one attached hydrogen (secondary N) is 1. The van der Waals surface area contributed by atoms with E-state index in [0.29, 0.717) is 12.5 Å². The first-order valence-electron chi connectivity index (χ1n) is 8.83. The lowest BCUT2D eigenvalue weighted by molar-refractivity contribution is -0.131. The highest BCUT2D eigenvalue weighted by Gasteiger charge is 2.24. The predicted molar refractivity (Wildman–Crippen MR) is 96.9 cm³/mol. The first kappa shape index (κ1) is 18.3. The van der Waals surface area contributed by atoms with Gasteiger partial charge in [0, 0.05) is 13.1 Å². The van der Waals surface area contributed by atoms with Gasteiger partial charge in [-0.1, -0.05) is 30.3 Å². The Hall–Kier alpha value is -1.06. The quantitative estimate of drug-likeness (QED) is 0.828.